The molecule has 0 aliphatic heterocycles. The molecular weight excluding hydrogens is 337 g/mol. The minimum absolute atomic E-state index is 0.216. The van der Waals surface area contributed by atoms with E-state index in [2.05, 4.69) is 38.8 Å². The van der Waals surface area contributed by atoms with Crippen LogP contribution < -0.4 is 5.32 Å². The Labute approximate surface area is 131 Å². The highest BCUT2D eigenvalue weighted by atomic mass is 79.9. The molecule has 1 saturated carbocycles. The van der Waals surface area contributed by atoms with Gasteiger partial charge < -0.3 is 5.32 Å². The summed E-state index contributed by atoms with van der Waals surface area (Å²) in [5.74, 6) is 0.437. The Hall–Kier alpha value is -0.870. The first-order valence-electron chi connectivity index (χ1n) is 6.99. The van der Waals surface area contributed by atoms with Crippen LogP contribution in [0.1, 0.15) is 36.6 Å². The standard InChI is InChI=1S/C16H17BrFNS/c17-13-8-7-12(10-14(13)18)19-16(11-4-1-2-5-11)15-6-3-9-20-15/h3,6-11,16,19H,1-2,4-5H2. The lowest BCUT2D eigenvalue weighted by molar-refractivity contribution is 0.475. The van der Waals surface area contributed by atoms with E-state index in [-0.39, 0.29) is 5.82 Å². The van der Waals surface area contributed by atoms with Gasteiger partial charge >= 0.3 is 0 Å². The van der Waals surface area contributed by atoms with Gasteiger partial charge in [0.1, 0.15) is 5.82 Å². The number of anilines is 1. The van der Waals surface area contributed by atoms with Gasteiger partial charge in [0.25, 0.3) is 0 Å². The average molecular weight is 354 g/mol. The van der Waals surface area contributed by atoms with Crippen molar-refractivity contribution in [3.8, 4) is 0 Å². The van der Waals surface area contributed by atoms with Crippen molar-refractivity contribution < 1.29 is 4.39 Å². The van der Waals surface area contributed by atoms with Crippen LogP contribution in [0.25, 0.3) is 0 Å². The summed E-state index contributed by atoms with van der Waals surface area (Å²) in [5.41, 5.74) is 0.857. The van der Waals surface area contributed by atoms with Crippen LogP contribution in [0.5, 0.6) is 0 Å². The zero-order valence-electron chi connectivity index (χ0n) is 11.1. The van der Waals surface area contributed by atoms with Gasteiger partial charge in [-0.05, 0) is 64.3 Å². The molecule has 0 radical (unpaired) electrons. The predicted octanol–water partition coefficient (Wildman–Crippen LogP) is 5.99. The summed E-state index contributed by atoms with van der Waals surface area (Å²) >= 11 is 4.98. The zero-order chi connectivity index (χ0) is 13.9. The maximum Gasteiger partial charge on any atom is 0.139 e. The second kappa shape index (κ2) is 6.27. The minimum atomic E-state index is -0.216. The molecule has 1 atom stereocenters. The van der Waals surface area contributed by atoms with Gasteiger partial charge in [-0.2, -0.15) is 0 Å². The Morgan fingerprint density at radius 1 is 1.25 bits per heavy atom. The molecule has 3 rings (SSSR count). The largest absolute Gasteiger partial charge is 0.377 e. The molecule has 1 N–H and O–H groups in total. The third-order valence-corrected chi connectivity index (χ3v) is 5.56. The van der Waals surface area contributed by atoms with Crippen molar-refractivity contribution >= 4 is 33.0 Å². The molecular formula is C16H17BrFNS. The molecule has 20 heavy (non-hydrogen) atoms. The number of nitrogens with one attached hydrogen (secondary N) is 1. The fraction of sp³-hybridized carbons (Fsp3) is 0.375. The molecule has 1 nitrogen and oxygen atoms in total. The van der Waals surface area contributed by atoms with E-state index in [1.165, 1.54) is 30.6 Å². The average Bonchev–Trinajstić information content (AvgIpc) is 3.12. The molecule has 0 bridgehead atoms. The molecule has 1 aliphatic carbocycles. The van der Waals surface area contributed by atoms with Crippen LogP contribution in [-0.2, 0) is 0 Å². The van der Waals surface area contributed by atoms with Gasteiger partial charge in [0.2, 0.25) is 0 Å². The van der Waals surface area contributed by atoms with Crippen molar-refractivity contribution in [1.29, 1.82) is 0 Å². The smallest absolute Gasteiger partial charge is 0.139 e. The molecule has 0 saturated heterocycles. The van der Waals surface area contributed by atoms with Gasteiger partial charge in [0.05, 0.1) is 10.5 Å². The van der Waals surface area contributed by atoms with Crippen LogP contribution >= 0.6 is 27.3 Å². The number of rotatable bonds is 4. The highest BCUT2D eigenvalue weighted by Gasteiger charge is 2.27. The minimum Gasteiger partial charge on any atom is -0.377 e. The summed E-state index contributed by atoms with van der Waals surface area (Å²) < 4.78 is 14.2. The van der Waals surface area contributed by atoms with Gasteiger partial charge in [-0.3, -0.25) is 0 Å². The van der Waals surface area contributed by atoms with Crippen LogP contribution in [0.2, 0.25) is 0 Å². The summed E-state index contributed by atoms with van der Waals surface area (Å²) in [6.45, 7) is 0. The van der Waals surface area contributed by atoms with Crippen LogP contribution in [0.15, 0.2) is 40.2 Å². The number of hydrogen-bond donors (Lipinski definition) is 1. The SMILES string of the molecule is Fc1cc(NC(c2cccs2)C2CCCC2)ccc1Br. The van der Waals surface area contributed by atoms with Crippen LogP contribution in [-0.4, -0.2) is 0 Å². The third kappa shape index (κ3) is 3.07. The molecule has 0 spiro atoms. The van der Waals surface area contributed by atoms with E-state index in [0.29, 0.717) is 16.4 Å². The molecule has 1 unspecified atom stereocenters. The summed E-state index contributed by atoms with van der Waals surface area (Å²) in [5, 5.41) is 5.65. The van der Waals surface area contributed by atoms with E-state index in [0.717, 1.165) is 5.69 Å². The lowest BCUT2D eigenvalue weighted by Crippen LogP contribution is -2.18. The van der Waals surface area contributed by atoms with Crippen LogP contribution in [0.4, 0.5) is 10.1 Å². The molecule has 0 amide bonds. The second-order valence-corrected chi connectivity index (χ2v) is 7.14. The first kappa shape index (κ1) is 14.1. The molecule has 1 fully saturated rings. The molecule has 1 heterocycles. The van der Waals surface area contributed by atoms with E-state index in [1.54, 1.807) is 23.5 Å². The van der Waals surface area contributed by atoms with E-state index in [1.807, 2.05) is 6.07 Å². The molecule has 1 aromatic heterocycles. The van der Waals surface area contributed by atoms with Crippen molar-refractivity contribution in [3.05, 3.63) is 50.9 Å². The number of thiophene rings is 1. The highest BCUT2D eigenvalue weighted by molar-refractivity contribution is 9.10. The highest BCUT2D eigenvalue weighted by Crippen LogP contribution is 2.39. The summed E-state index contributed by atoms with van der Waals surface area (Å²) in [6, 6.07) is 9.83. The monoisotopic (exact) mass is 353 g/mol. The van der Waals surface area contributed by atoms with Gasteiger partial charge in [0, 0.05) is 10.6 Å². The molecule has 106 valence electrons. The number of halogens is 2. The quantitative estimate of drug-likeness (QED) is 0.711. The molecule has 4 heteroatoms. The fourth-order valence-corrected chi connectivity index (χ4v) is 4.06. The molecule has 2 aromatic rings. The normalized spacial score (nSPS) is 17.3. The van der Waals surface area contributed by atoms with Gasteiger partial charge in [-0.1, -0.05) is 18.9 Å². The topological polar surface area (TPSA) is 12.0 Å². The van der Waals surface area contributed by atoms with Crippen molar-refractivity contribution in [2.45, 2.75) is 31.7 Å². The maximum absolute atomic E-state index is 13.7. The zero-order valence-corrected chi connectivity index (χ0v) is 13.5. The number of hydrogen-bond acceptors (Lipinski definition) is 2. The van der Waals surface area contributed by atoms with E-state index >= 15 is 0 Å². The first-order chi connectivity index (χ1) is 9.74. The van der Waals surface area contributed by atoms with Crippen molar-refractivity contribution in [2.75, 3.05) is 5.32 Å². The maximum atomic E-state index is 13.7. The second-order valence-electron chi connectivity index (χ2n) is 5.31. The number of benzene rings is 1. The van der Waals surface area contributed by atoms with Gasteiger partial charge in [0.15, 0.2) is 0 Å². The molecule has 1 aromatic carbocycles. The van der Waals surface area contributed by atoms with Gasteiger partial charge in [-0.15, -0.1) is 11.3 Å². The Balaban J connectivity index is 1.84. The lowest BCUT2D eigenvalue weighted by Gasteiger charge is -2.25. The Bertz CT molecular complexity index is 564. The lowest BCUT2D eigenvalue weighted by atomic mass is 9.96. The van der Waals surface area contributed by atoms with E-state index < -0.39 is 0 Å². The first-order valence-corrected chi connectivity index (χ1v) is 8.66. The van der Waals surface area contributed by atoms with Crippen molar-refractivity contribution in [3.63, 3.8) is 0 Å². The van der Waals surface area contributed by atoms with Crippen LogP contribution in [0.3, 0.4) is 0 Å². The Morgan fingerprint density at radius 3 is 2.70 bits per heavy atom. The van der Waals surface area contributed by atoms with Crippen molar-refractivity contribution in [1.82, 2.24) is 0 Å². The molecule has 1 aliphatic rings. The van der Waals surface area contributed by atoms with Gasteiger partial charge in [-0.25, -0.2) is 4.39 Å². The predicted molar refractivity (Wildman–Crippen MR) is 86.7 cm³/mol. The van der Waals surface area contributed by atoms with Crippen molar-refractivity contribution in [2.24, 2.45) is 5.92 Å². The van der Waals surface area contributed by atoms with E-state index in [9.17, 15) is 4.39 Å². The fourth-order valence-electron chi connectivity index (χ4n) is 2.95. The summed E-state index contributed by atoms with van der Waals surface area (Å²) in [7, 11) is 0. The van der Waals surface area contributed by atoms with E-state index in [4.69, 9.17) is 0 Å². The summed E-state index contributed by atoms with van der Waals surface area (Å²) in [4.78, 5) is 1.35. The van der Waals surface area contributed by atoms with Crippen LogP contribution in [0, 0.1) is 11.7 Å². The third-order valence-electron chi connectivity index (χ3n) is 3.96. The summed E-state index contributed by atoms with van der Waals surface area (Å²) in [6.07, 6.45) is 5.13. The Kier molecular flexibility index (Phi) is 4.41. The Morgan fingerprint density at radius 2 is 2.05 bits per heavy atom.